The average molecular weight is 322 g/mol. The van der Waals surface area contributed by atoms with E-state index in [1.54, 1.807) is 16.2 Å². The van der Waals surface area contributed by atoms with Crippen molar-refractivity contribution in [3.63, 3.8) is 0 Å². The van der Waals surface area contributed by atoms with E-state index in [1.807, 2.05) is 7.05 Å². The molecule has 2 rings (SSSR count). The second-order valence-electron chi connectivity index (χ2n) is 5.83. The maximum absolute atomic E-state index is 11.6. The Labute approximate surface area is 136 Å². The smallest absolute Gasteiger partial charge is 0.222 e. The first kappa shape index (κ1) is 16.8. The van der Waals surface area contributed by atoms with Gasteiger partial charge in [0, 0.05) is 45.1 Å². The van der Waals surface area contributed by atoms with Crippen LogP contribution in [-0.2, 0) is 4.79 Å². The van der Waals surface area contributed by atoms with Crippen LogP contribution >= 0.6 is 11.3 Å². The molecule has 1 aromatic rings. The Kier molecular flexibility index (Phi) is 6.24. The number of piperidine rings is 1. The van der Waals surface area contributed by atoms with Crippen LogP contribution in [-0.4, -0.2) is 49.5 Å². The topological polar surface area (TPSA) is 56.7 Å². The summed E-state index contributed by atoms with van der Waals surface area (Å²) in [6, 6.07) is 2.43. The summed E-state index contributed by atoms with van der Waals surface area (Å²) in [5, 5.41) is 11.0. The Balaban J connectivity index is 1.91. The second-order valence-corrected chi connectivity index (χ2v) is 6.61. The Morgan fingerprint density at radius 2 is 2.41 bits per heavy atom. The molecule has 0 saturated carbocycles. The molecule has 2 N–H and O–H groups in total. The van der Waals surface area contributed by atoms with E-state index in [0.717, 1.165) is 32.0 Å². The van der Waals surface area contributed by atoms with Crippen molar-refractivity contribution in [2.24, 2.45) is 4.99 Å². The molecular formula is C16H26N4OS. The van der Waals surface area contributed by atoms with Crippen LogP contribution in [0.1, 0.15) is 38.2 Å². The van der Waals surface area contributed by atoms with Gasteiger partial charge in [-0.3, -0.25) is 9.79 Å². The molecule has 1 amide bonds. The van der Waals surface area contributed by atoms with Gasteiger partial charge in [-0.05, 0) is 35.7 Å². The summed E-state index contributed by atoms with van der Waals surface area (Å²) < 4.78 is 0. The van der Waals surface area contributed by atoms with Gasteiger partial charge in [0.05, 0.1) is 0 Å². The standard InChI is InChI=1S/C16H26N4OS/c1-4-17-16(18-9-12(2)13-7-8-22-11-13)19-14-5-6-15(21)20(3)10-14/h7-8,11-12,14H,4-6,9-10H2,1-3H3,(H2,17,18,19). The molecule has 1 aromatic heterocycles. The van der Waals surface area contributed by atoms with Crippen LogP contribution in [0.2, 0.25) is 0 Å². The molecular weight excluding hydrogens is 296 g/mol. The van der Waals surface area contributed by atoms with E-state index in [2.05, 4.69) is 41.3 Å². The predicted octanol–water partition coefficient (Wildman–Crippen LogP) is 2.03. The molecule has 0 bridgehead atoms. The van der Waals surface area contributed by atoms with Crippen molar-refractivity contribution in [3.8, 4) is 0 Å². The molecule has 1 fully saturated rings. The summed E-state index contributed by atoms with van der Waals surface area (Å²) in [4.78, 5) is 18.0. The molecule has 1 aliphatic rings. The van der Waals surface area contributed by atoms with Crippen LogP contribution in [0.3, 0.4) is 0 Å². The van der Waals surface area contributed by atoms with E-state index in [0.29, 0.717) is 12.3 Å². The maximum Gasteiger partial charge on any atom is 0.222 e. The van der Waals surface area contributed by atoms with Crippen LogP contribution in [0.5, 0.6) is 0 Å². The third-order valence-electron chi connectivity index (χ3n) is 3.95. The quantitative estimate of drug-likeness (QED) is 0.644. The van der Waals surface area contributed by atoms with Gasteiger partial charge in [-0.15, -0.1) is 0 Å². The summed E-state index contributed by atoms with van der Waals surface area (Å²) in [7, 11) is 1.86. The van der Waals surface area contributed by atoms with Crippen LogP contribution in [0.4, 0.5) is 0 Å². The monoisotopic (exact) mass is 322 g/mol. The number of nitrogens with zero attached hydrogens (tertiary/aromatic N) is 2. The normalized spacial score (nSPS) is 20.9. The molecule has 2 atom stereocenters. The lowest BCUT2D eigenvalue weighted by molar-refractivity contribution is -0.132. The van der Waals surface area contributed by atoms with Crippen molar-refractivity contribution in [2.45, 2.75) is 38.6 Å². The van der Waals surface area contributed by atoms with Gasteiger partial charge in [0.2, 0.25) is 5.91 Å². The van der Waals surface area contributed by atoms with Crippen molar-refractivity contribution in [2.75, 3.05) is 26.7 Å². The minimum atomic E-state index is 0.228. The molecule has 2 unspecified atom stereocenters. The van der Waals surface area contributed by atoms with E-state index >= 15 is 0 Å². The van der Waals surface area contributed by atoms with Crippen molar-refractivity contribution in [3.05, 3.63) is 22.4 Å². The second kappa shape index (κ2) is 8.17. The summed E-state index contributed by atoms with van der Waals surface area (Å²) in [6.45, 7) is 6.59. The molecule has 1 saturated heterocycles. The number of amides is 1. The maximum atomic E-state index is 11.6. The van der Waals surface area contributed by atoms with Gasteiger partial charge in [0.25, 0.3) is 0 Å². The number of guanidine groups is 1. The van der Waals surface area contributed by atoms with Crippen LogP contribution in [0.15, 0.2) is 21.8 Å². The third kappa shape index (κ3) is 4.73. The number of hydrogen-bond acceptors (Lipinski definition) is 3. The Morgan fingerprint density at radius 3 is 3.05 bits per heavy atom. The summed E-state index contributed by atoms with van der Waals surface area (Å²) in [5.41, 5.74) is 1.34. The van der Waals surface area contributed by atoms with Gasteiger partial charge in [0.1, 0.15) is 0 Å². The average Bonchev–Trinajstić information content (AvgIpc) is 3.03. The fourth-order valence-electron chi connectivity index (χ4n) is 2.53. The zero-order chi connectivity index (χ0) is 15.9. The van der Waals surface area contributed by atoms with Gasteiger partial charge in [-0.25, -0.2) is 0 Å². The molecule has 0 spiro atoms. The molecule has 22 heavy (non-hydrogen) atoms. The number of rotatable bonds is 5. The molecule has 2 heterocycles. The Morgan fingerprint density at radius 1 is 1.59 bits per heavy atom. The first-order valence-electron chi connectivity index (χ1n) is 7.91. The Bertz CT molecular complexity index is 500. The zero-order valence-corrected chi connectivity index (χ0v) is 14.4. The Hall–Kier alpha value is -1.56. The van der Waals surface area contributed by atoms with E-state index in [1.165, 1.54) is 5.56 Å². The number of thiophene rings is 1. The zero-order valence-electron chi connectivity index (χ0n) is 13.6. The fraction of sp³-hybridized carbons (Fsp3) is 0.625. The lowest BCUT2D eigenvalue weighted by atomic mass is 10.1. The molecule has 5 nitrogen and oxygen atoms in total. The number of likely N-dealkylation sites (N-methyl/N-ethyl adjacent to an activating group) is 1. The number of aliphatic imine (C=N–C) groups is 1. The first-order chi connectivity index (χ1) is 10.6. The van der Waals surface area contributed by atoms with Gasteiger partial charge in [-0.1, -0.05) is 6.92 Å². The highest BCUT2D eigenvalue weighted by Crippen LogP contribution is 2.18. The highest BCUT2D eigenvalue weighted by atomic mass is 32.1. The highest BCUT2D eigenvalue weighted by molar-refractivity contribution is 7.07. The molecule has 0 aliphatic carbocycles. The summed E-state index contributed by atoms with van der Waals surface area (Å²) in [5.74, 6) is 1.49. The molecule has 1 aliphatic heterocycles. The van der Waals surface area contributed by atoms with Crippen LogP contribution in [0.25, 0.3) is 0 Å². The van der Waals surface area contributed by atoms with Crippen LogP contribution in [0, 0.1) is 0 Å². The molecule has 0 radical (unpaired) electrons. The van der Waals surface area contributed by atoms with Crippen LogP contribution < -0.4 is 10.6 Å². The minimum Gasteiger partial charge on any atom is -0.357 e. The predicted molar refractivity (Wildman–Crippen MR) is 92.5 cm³/mol. The van der Waals surface area contributed by atoms with Crippen molar-refractivity contribution >= 4 is 23.2 Å². The molecule has 0 aromatic carbocycles. The van der Waals surface area contributed by atoms with Gasteiger partial charge < -0.3 is 15.5 Å². The number of likely N-dealkylation sites (tertiary alicyclic amines) is 1. The SMILES string of the molecule is CCNC(=NCC(C)c1ccsc1)NC1CCC(=O)N(C)C1. The lowest BCUT2D eigenvalue weighted by Gasteiger charge is -2.31. The largest absolute Gasteiger partial charge is 0.357 e. The summed E-state index contributed by atoms with van der Waals surface area (Å²) >= 11 is 1.72. The van der Waals surface area contributed by atoms with E-state index in [9.17, 15) is 4.79 Å². The van der Waals surface area contributed by atoms with E-state index in [4.69, 9.17) is 4.99 Å². The first-order valence-corrected chi connectivity index (χ1v) is 8.85. The van der Waals surface area contributed by atoms with E-state index in [-0.39, 0.29) is 11.9 Å². The van der Waals surface area contributed by atoms with Crippen molar-refractivity contribution < 1.29 is 4.79 Å². The number of nitrogens with one attached hydrogen (secondary N) is 2. The summed E-state index contributed by atoms with van der Waals surface area (Å²) in [6.07, 6.45) is 1.48. The van der Waals surface area contributed by atoms with Crippen molar-refractivity contribution in [1.29, 1.82) is 0 Å². The highest BCUT2D eigenvalue weighted by Gasteiger charge is 2.23. The number of carbonyl (C=O) groups excluding carboxylic acids is 1. The minimum absolute atomic E-state index is 0.228. The molecule has 6 heteroatoms. The van der Waals surface area contributed by atoms with Gasteiger partial charge in [0.15, 0.2) is 5.96 Å². The lowest BCUT2D eigenvalue weighted by Crippen LogP contribution is -2.51. The fourth-order valence-corrected chi connectivity index (χ4v) is 3.31. The van der Waals surface area contributed by atoms with Gasteiger partial charge in [-0.2, -0.15) is 11.3 Å². The number of hydrogen-bond donors (Lipinski definition) is 2. The van der Waals surface area contributed by atoms with E-state index < -0.39 is 0 Å². The number of carbonyl (C=O) groups is 1. The third-order valence-corrected chi connectivity index (χ3v) is 4.65. The van der Waals surface area contributed by atoms with Gasteiger partial charge >= 0.3 is 0 Å². The molecule has 122 valence electrons. The van der Waals surface area contributed by atoms with Crippen molar-refractivity contribution in [1.82, 2.24) is 15.5 Å².